The van der Waals surface area contributed by atoms with Gasteiger partial charge in [-0.05, 0) is 24.3 Å². The lowest BCUT2D eigenvalue weighted by molar-refractivity contribution is 0.405. The highest BCUT2D eigenvalue weighted by atomic mass is 16.5. The summed E-state index contributed by atoms with van der Waals surface area (Å²) in [5, 5.41) is 3.48. The Morgan fingerprint density at radius 3 is 2.81 bits per heavy atom. The molecule has 0 unspecified atom stereocenters. The number of methoxy groups -OCH3 is 1. The van der Waals surface area contributed by atoms with Crippen molar-refractivity contribution >= 4 is 5.69 Å². The zero-order chi connectivity index (χ0) is 11.6. The van der Waals surface area contributed by atoms with Gasteiger partial charge in [-0.3, -0.25) is 0 Å². The van der Waals surface area contributed by atoms with Crippen molar-refractivity contribution in [3.8, 4) is 5.75 Å². The van der Waals surface area contributed by atoms with Crippen LogP contribution in [-0.2, 0) is 6.54 Å². The van der Waals surface area contributed by atoms with Gasteiger partial charge in [-0.1, -0.05) is 13.0 Å². The second kappa shape index (κ2) is 4.34. The first-order valence-corrected chi connectivity index (χ1v) is 5.76. The van der Waals surface area contributed by atoms with Crippen LogP contribution in [0.4, 0.5) is 5.69 Å². The van der Waals surface area contributed by atoms with Crippen LogP contribution in [0.5, 0.6) is 5.75 Å². The summed E-state index contributed by atoms with van der Waals surface area (Å²) in [5.41, 5.74) is 8.17. The summed E-state index contributed by atoms with van der Waals surface area (Å²) < 4.78 is 5.30. The lowest BCUT2D eigenvalue weighted by atomic mass is 10.1. The fourth-order valence-electron chi connectivity index (χ4n) is 1.80. The largest absolute Gasteiger partial charge is 0.496 e. The number of nitrogens with one attached hydrogen (secondary N) is 1. The Labute approximate surface area is 97.0 Å². The highest BCUT2D eigenvalue weighted by molar-refractivity contribution is 5.48. The van der Waals surface area contributed by atoms with Gasteiger partial charge in [0.05, 0.1) is 7.11 Å². The van der Waals surface area contributed by atoms with E-state index >= 15 is 0 Å². The topological polar surface area (TPSA) is 47.3 Å². The standard InChI is InChI=1S/C13H20N2O/c1-13(5-6-13)9-15-8-10-3-4-11(14)7-12(10)16-2/h3-4,7,15H,5-6,8-9,14H2,1-2H3. The molecule has 3 N–H and O–H groups in total. The van der Waals surface area contributed by atoms with Crippen LogP contribution in [0.2, 0.25) is 0 Å². The number of nitrogens with two attached hydrogens (primary N) is 1. The monoisotopic (exact) mass is 220 g/mol. The van der Waals surface area contributed by atoms with Crippen molar-refractivity contribution in [2.45, 2.75) is 26.3 Å². The van der Waals surface area contributed by atoms with Gasteiger partial charge in [-0.2, -0.15) is 0 Å². The Morgan fingerprint density at radius 2 is 2.19 bits per heavy atom. The minimum Gasteiger partial charge on any atom is -0.496 e. The summed E-state index contributed by atoms with van der Waals surface area (Å²) in [6.45, 7) is 4.25. The van der Waals surface area contributed by atoms with Gasteiger partial charge >= 0.3 is 0 Å². The van der Waals surface area contributed by atoms with E-state index in [2.05, 4.69) is 12.2 Å². The first-order valence-electron chi connectivity index (χ1n) is 5.76. The lowest BCUT2D eigenvalue weighted by Crippen LogP contribution is -2.21. The van der Waals surface area contributed by atoms with Crippen molar-refractivity contribution in [1.82, 2.24) is 5.32 Å². The molecule has 1 aromatic rings. The smallest absolute Gasteiger partial charge is 0.125 e. The number of anilines is 1. The molecule has 0 radical (unpaired) electrons. The number of hydrogen-bond acceptors (Lipinski definition) is 3. The molecular weight excluding hydrogens is 200 g/mol. The van der Waals surface area contributed by atoms with Crippen LogP contribution in [0.25, 0.3) is 0 Å². The molecule has 2 rings (SSSR count). The molecule has 0 aliphatic heterocycles. The fraction of sp³-hybridized carbons (Fsp3) is 0.538. The SMILES string of the molecule is COc1cc(N)ccc1CNCC1(C)CC1. The quantitative estimate of drug-likeness (QED) is 0.748. The molecule has 0 amide bonds. The van der Waals surface area contributed by atoms with Crippen molar-refractivity contribution in [2.75, 3.05) is 19.4 Å². The first-order chi connectivity index (χ1) is 7.63. The van der Waals surface area contributed by atoms with Crippen LogP contribution < -0.4 is 15.8 Å². The molecule has 0 aromatic heterocycles. The van der Waals surface area contributed by atoms with Gasteiger partial charge in [0.2, 0.25) is 0 Å². The number of ether oxygens (including phenoxy) is 1. The third-order valence-corrected chi connectivity index (χ3v) is 3.28. The highest BCUT2D eigenvalue weighted by Gasteiger charge is 2.36. The third kappa shape index (κ3) is 2.67. The number of nitrogen functional groups attached to an aromatic ring is 1. The minimum atomic E-state index is 0.543. The molecule has 1 aliphatic carbocycles. The van der Waals surface area contributed by atoms with Crippen molar-refractivity contribution in [3.05, 3.63) is 23.8 Å². The molecular formula is C13H20N2O. The van der Waals surface area contributed by atoms with Gasteiger partial charge in [-0.25, -0.2) is 0 Å². The Kier molecular flexibility index (Phi) is 3.06. The second-order valence-corrected chi connectivity index (χ2v) is 4.99. The van der Waals surface area contributed by atoms with E-state index in [1.54, 1.807) is 7.11 Å². The molecule has 16 heavy (non-hydrogen) atoms. The average molecular weight is 220 g/mol. The van der Waals surface area contributed by atoms with Gasteiger partial charge in [0, 0.05) is 30.4 Å². The van der Waals surface area contributed by atoms with Gasteiger partial charge < -0.3 is 15.8 Å². The molecule has 3 heteroatoms. The zero-order valence-electron chi connectivity index (χ0n) is 10.0. The molecule has 1 saturated carbocycles. The van der Waals surface area contributed by atoms with Crippen LogP contribution in [0.1, 0.15) is 25.3 Å². The summed E-state index contributed by atoms with van der Waals surface area (Å²) in [5.74, 6) is 0.869. The Balaban J connectivity index is 1.92. The normalized spacial score (nSPS) is 17.1. The molecule has 1 aliphatic rings. The predicted molar refractivity (Wildman–Crippen MR) is 66.5 cm³/mol. The van der Waals surface area contributed by atoms with E-state index in [0.29, 0.717) is 5.41 Å². The van der Waals surface area contributed by atoms with E-state index in [-0.39, 0.29) is 0 Å². The van der Waals surface area contributed by atoms with E-state index in [1.165, 1.54) is 18.4 Å². The maximum absolute atomic E-state index is 5.71. The highest BCUT2D eigenvalue weighted by Crippen LogP contribution is 2.44. The summed E-state index contributed by atoms with van der Waals surface area (Å²) >= 11 is 0. The molecule has 0 heterocycles. The van der Waals surface area contributed by atoms with Crippen molar-refractivity contribution in [2.24, 2.45) is 5.41 Å². The second-order valence-electron chi connectivity index (χ2n) is 4.99. The number of benzene rings is 1. The van der Waals surface area contributed by atoms with Gasteiger partial charge in [0.25, 0.3) is 0 Å². The van der Waals surface area contributed by atoms with Gasteiger partial charge in [-0.15, -0.1) is 0 Å². The zero-order valence-corrected chi connectivity index (χ0v) is 10.0. The minimum absolute atomic E-state index is 0.543. The van der Waals surface area contributed by atoms with Gasteiger partial charge in [0.1, 0.15) is 5.75 Å². The van der Waals surface area contributed by atoms with Crippen LogP contribution in [-0.4, -0.2) is 13.7 Å². The lowest BCUT2D eigenvalue weighted by Gasteiger charge is -2.12. The Hall–Kier alpha value is -1.22. The molecule has 0 bridgehead atoms. The summed E-state index contributed by atoms with van der Waals surface area (Å²) in [6, 6.07) is 5.81. The maximum Gasteiger partial charge on any atom is 0.125 e. The van der Waals surface area contributed by atoms with E-state index in [9.17, 15) is 0 Å². The third-order valence-electron chi connectivity index (χ3n) is 3.28. The molecule has 0 atom stereocenters. The van der Waals surface area contributed by atoms with Crippen molar-refractivity contribution in [1.29, 1.82) is 0 Å². The van der Waals surface area contributed by atoms with E-state index in [4.69, 9.17) is 10.5 Å². The molecule has 3 nitrogen and oxygen atoms in total. The van der Waals surface area contributed by atoms with Crippen molar-refractivity contribution < 1.29 is 4.74 Å². The predicted octanol–water partition coefficient (Wildman–Crippen LogP) is 2.17. The Morgan fingerprint density at radius 1 is 1.44 bits per heavy atom. The molecule has 88 valence electrons. The molecule has 0 spiro atoms. The fourth-order valence-corrected chi connectivity index (χ4v) is 1.80. The van der Waals surface area contributed by atoms with E-state index < -0.39 is 0 Å². The van der Waals surface area contributed by atoms with E-state index in [1.807, 2.05) is 18.2 Å². The van der Waals surface area contributed by atoms with Crippen LogP contribution >= 0.6 is 0 Å². The first kappa shape index (κ1) is 11.3. The maximum atomic E-state index is 5.71. The summed E-state index contributed by atoms with van der Waals surface area (Å²) in [6.07, 6.45) is 2.69. The van der Waals surface area contributed by atoms with E-state index in [0.717, 1.165) is 24.5 Å². The number of rotatable bonds is 5. The molecule has 0 saturated heterocycles. The summed E-state index contributed by atoms with van der Waals surface area (Å²) in [4.78, 5) is 0. The van der Waals surface area contributed by atoms with Crippen molar-refractivity contribution in [3.63, 3.8) is 0 Å². The van der Waals surface area contributed by atoms with Gasteiger partial charge in [0.15, 0.2) is 0 Å². The molecule has 1 aromatic carbocycles. The Bertz CT molecular complexity index is 372. The van der Waals surface area contributed by atoms with Crippen LogP contribution in [0.3, 0.4) is 0 Å². The number of hydrogen-bond donors (Lipinski definition) is 2. The van der Waals surface area contributed by atoms with Crippen LogP contribution in [0, 0.1) is 5.41 Å². The molecule has 1 fully saturated rings. The average Bonchev–Trinajstić information content (AvgIpc) is 2.99. The summed E-state index contributed by atoms with van der Waals surface area (Å²) in [7, 11) is 1.68. The van der Waals surface area contributed by atoms with Crippen LogP contribution in [0.15, 0.2) is 18.2 Å².